The van der Waals surface area contributed by atoms with Crippen LogP contribution in [0.25, 0.3) is 0 Å². The van der Waals surface area contributed by atoms with Gasteiger partial charge in [0.25, 0.3) is 5.95 Å². The highest BCUT2D eigenvalue weighted by molar-refractivity contribution is 5.17. The van der Waals surface area contributed by atoms with Gasteiger partial charge in [0.15, 0.2) is 5.82 Å². The Balaban J connectivity index is 2.69. The van der Waals surface area contributed by atoms with Gasteiger partial charge in [-0.2, -0.15) is 0 Å². The predicted molar refractivity (Wildman–Crippen MR) is 36.5 cm³/mol. The van der Waals surface area contributed by atoms with Gasteiger partial charge in [0, 0.05) is 6.54 Å². The maximum atomic E-state index is 3.73. The molecule has 0 aliphatic heterocycles. The van der Waals surface area contributed by atoms with Crippen LogP contribution in [0.15, 0.2) is 0 Å². The summed E-state index contributed by atoms with van der Waals surface area (Å²) in [5.41, 5.74) is 0. The van der Waals surface area contributed by atoms with E-state index in [1.807, 2.05) is 6.92 Å². The van der Waals surface area contributed by atoms with E-state index in [1.165, 1.54) is 0 Å². The predicted octanol–water partition coefficient (Wildman–Crippen LogP) is 0.00682. The molecule has 5 nitrogen and oxygen atoms in total. The third kappa shape index (κ3) is 1.61. The molecule has 5 heteroatoms. The van der Waals surface area contributed by atoms with Crippen molar-refractivity contribution in [2.75, 3.05) is 11.9 Å². The fraction of sp³-hybridized carbons (Fsp3) is 0.600. The number of nitrogens with zero attached hydrogens (tertiary/aromatic N) is 4. The van der Waals surface area contributed by atoms with Crippen molar-refractivity contribution in [3.63, 3.8) is 0 Å². The van der Waals surface area contributed by atoms with E-state index < -0.39 is 0 Å². The van der Waals surface area contributed by atoms with Crippen molar-refractivity contribution < 1.29 is 0 Å². The third-order valence-electron chi connectivity index (χ3n) is 0.914. The van der Waals surface area contributed by atoms with Crippen LogP contribution in [0.4, 0.5) is 5.95 Å². The van der Waals surface area contributed by atoms with Crippen LogP contribution in [0.2, 0.25) is 0 Å². The second-order valence-corrected chi connectivity index (χ2v) is 1.80. The van der Waals surface area contributed by atoms with E-state index in [0.29, 0.717) is 11.8 Å². The highest BCUT2D eigenvalue weighted by Crippen LogP contribution is 1.88. The van der Waals surface area contributed by atoms with E-state index in [1.54, 1.807) is 6.92 Å². The van der Waals surface area contributed by atoms with E-state index in [0.717, 1.165) is 6.54 Å². The van der Waals surface area contributed by atoms with Crippen molar-refractivity contribution in [1.29, 1.82) is 0 Å². The molecule has 1 N–H and O–H groups in total. The van der Waals surface area contributed by atoms with Crippen LogP contribution in [-0.4, -0.2) is 26.9 Å². The number of anilines is 1. The molecule has 0 aromatic carbocycles. The minimum atomic E-state index is 0.480. The van der Waals surface area contributed by atoms with Crippen LogP contribution >= 0.6 is 0 Å². The second kappa shape index (κ2) is 3.05. The lowest BCUT2D eigenvalue weighted by Crippen LogP contribution is -2.05. The lowest BCUT2D eigenvalue weighted by atomic mass is 10.7. The summed E-state index contributed by atoms with van der Waals surface area (Å²) in [6, 6.07) is 0. The molecule has 1 heterocycles. The zero-order valence-corrected chi connectivity index (χ0v) is 6.00. The molecule has 0 bridgehead atoms. The topological polar surface area (TPSA) is 63.6 Å². The van der Waals surface area contributed by atoms with E-state index in [4.69, 9.17) is 0 Å². The Kier molecular flexibility index (Phi) is 2.09. The summed E-state index contributed by atoms with van der Waals surface area (Å²) in [6.07, 6.45) is 0. The Bertz CT molecular complexity index is 194. The highest BCUT2D eigenvalue weighted by Gasteiger charge is 1.92. The number of hydrogen-bond acceptors (Lipinski definition) is 5. The Labute approximate surface area is 58.9 Å². The molecule has 0 saturated heterocycles. The summed E-state index contributed by atoms with van der Waals surface area (Å²) in [4.78, 5) is 0. The smallest absolute Gasteiger partial charge is 0.262 e. The molecular formula is C5H9N5. The van der Waals surface area contributed by atoms with Crippen LogP contribution in [0, 0.1) is 6.92 Å². The standard InChI is InChI=1S/C5H9N5/c1-3-6-5-9-7-4(2)8-10-5/h3H2,1-2H3,(H,6,9,10). The Morgan fingerprint density at radius 2 is 1.80 bits per heavy atom. The van der Waals surface area contributed by atoms with Gasteiger partial charge < -0.3 is 5.32 Å². The lowest BCUT2D eigenvalue weighted by Gasteiger charge is -1.96. The quantitative estimate of drug-likeness (QED) is 0.625. The van der Waals surface area contributed by atoms with Crippen molar-refractivity contribution in [3.05, 3.63) is 5.82 Å². The van der Waals surface area contributed by atoms with E-state index in [9.17, 15) is 0 Å². The van der Waals surface area contributed by atoms with Crippen LogP contribution < -0.4 is 5.32 Å². The summed E-state index contributed by atoms with van der Waals surface area (Å²) in [7, 11) is 0. The molecule has 0 aliphatic rings. The molecule has 54 valence electrons. The van der Waals surface area contributed by atoms with Crippen molar-refractivity contribution in [2.24, 2.45) is 0 Å². The van der Waals surface area contributed by atoms with Gasteiger partial charge in [-0.05, 0) is 13.8 Å². The zero-order chi connectivity index (χ0) is 7.40. The van der Waals surface area contributed by atoms with Gasteiger partial charge in [-0.1, -0.05) is 0 Å². The van der Waals surface area contributed by atoms with E-state index >= 15 is 0 Å². The minimum Gasteiger partial charge on any atom is -0.352 e. The normalized spacial score (nSPS) is 9.40. The first-order valence-corrected chi connectivity index (χ1v) is 3.11. The second-order valence-electron chi connectivity index (χ2n) is 1.80. The van der Waals surface area contributed by atoms with E-state index in [2.05, 4.69) is 25.7 Å². The molecule has 0 radical (unpaired) electrons. The average Bonchev–Trinajstić information content (AvgIpc) is 1.95. The number of rotatable bonds is 2. The third-order valence-corrected chi connectivity index (χ3v) is 0.914. The number of hydrogen-bond donors (Lipinski definition) is 1. The first-order chi connectivity index (χ1) is 4.83. The summed E-state index contributed by atoms with van der Waals surface area (Å²) in [5, 5.41) is 17.8. The van der Waals surface area contributed by atoms with Crippen LogP contribution in [0.5, 0.6) is 0 Å². The Morgan fingerprint density at radius 3 is 2.30 bits per heavy atom. The summed E-state index contributed by atoms with van der Waals surface area (Å²) >= 11 is 0. The molecule has 0 atom stereocenters. The summed E-state index contributed by atoms with van der Waals surface area (Å²) in [5.74, 6) is 1.06. The van der Waals surface area contributed by atoms with Crippen LogP contribution in [-0.2, 0) is 0 Å². The van der Waals surface area contributed by atoms with Crippen molar-refractivity contribution in [1.82, 2.24) is 20.4 Å². The Hall–Kier alpha value is -1.26. The van der Waals surface area contributed by atoms with Gasteiger partial charge in [0.05, 0.1) is 0 Å². The van der Waals surface area contributed by atoms with Gasteiger partial charge in [-0.25, -0.2) is 0 Å². The fourth-order valence-electron chi connectivity index (χ4n) is 0.508. The maximum absolute atomic E-state index is 3.73. The molecule has 0 unspecified atom stereocenters. The van der Waals surface area contributed by atoms with Gasteiger partial charge in [0.2, 0.25) is 0 Å². The van der Waals surface area contributed by atoms with Crippen LogP contribution in [0.3, 0.4) is 0 Å². The van der Waals surface area contributed by atoms with Gasteiger partial charge >= 0.3 is 0 Å². The van der Waals surface area contributed by atoms with Gasteiger partial charge in [-0.15, -0.1) is 20.4 Å². The van der Waals surface area contributed by atoms with Crippen molar-refractivity contribution in [3.8, 4) is 0 Å². The number of aryl methyl sites for hydroxylation is 1. The molecule has 1 aromatic heterocycles. The minimum absolute atomic E-state index is 0.480. The molecule has 0 spiro atoms. The zero-order valence-electron chi connectivity index (χ0n) is 6.00. The lowest BCUT2D eigenvalue weighted by molar-refractivity contribution is 0.808. The number of nitrogens with one attached hydrogen (secondary N) is 1. The Morgan fingerprint density at radius 1 is 1.20 bits per heavy atom. The average molecular weight is 139 g/mol. The summed E-state index contributed by atoms with van der Waals surface area (Å²) < 4.78 is 0. The molecular weight excluding hydrogens is 130 g/mol. The molecule has 1 aromatic rings. The van der Waals surface area contributed by atoms with Crippen LogP contribution in [0.1, 0.15) is 12.7 Å². The first kappa shape index (κ1) is 6.85. The van der Waals surface area contributed by atoms with Gasteiger partial charge in [-0.3, -0.25) is 0 Å². The summed E-state index contributed by atoms with van der Waals surface area (Å²) in [6.45, 7) is 4.49. The van der Waals surface area contributed by atoms with Crippen molar-refractivity contribution >= 4 is 5.95 Å². The molecule has 0 fully saturated rings. The monoisotopic (exact) mass is 139 g/mol. The molecule has 0 saturated carbocycles. The largest absolute Gasteiger partial charge is 0.352 e. The SMILES string of the molecule is CCNc1nnc(C)nn1. The molecule has 1 rings (SSSR count). The van der Waals surface area contributed by atoms with E-state index in [-0.39, 0.29) is 0 Å². The number of aromatic nitrogens is 4. The first-order valence-electron chi connectivity index (χ1n) is 3.11. The molecule has 10 heavy (non-hydrogen) atoms. The molecule has 0 amide bonds. The maximum Gasteiger partial charge on any atom is 0.262 e. The fourth-order valence-corrected chi connectivity index (χ4v) is 0.508. The highest BCUT2D eigenvalue weighted by atomic mass is 15.3. The van der Waals surface area contributed by atoms with Gasteiger partial charge in [0.1, 0.15) is 0 Å². The van der Waals surface area contributed by atoms with Crippen molar-refractivity contribution in [2.45, 2.75) is 13.8 Å². The molecule has 0 aliphatic carbocycles.